The molecule has 0 bridgehead atoms. The van der Waals surface area contributed by atoms with Crippen LogP contribution in [-0.4, -0.2) is 37.2 Å². The number of hydrogen-bond acceptors (Lipinski definition) is 5. The van der Waals surface area contributed by atoms with Gasteiger partial charge in [0.2, 0.25) is 0 Å². The van der Waals surface area contributed by atoms with Gasteiger partial charge in [-0.25, -0.2) is 0 Å². The van der Waals surface area contributed by atoms with Crippen LogP contribution in [0.4, 0.5) is 0 Å². The van der Waals surface area contributed by atoms with Gasteiger partial charge in [0.05, 0.1) is 10.7 Å². The average Bonchev–Trinajstić information content (AvgIpc) is 2.72. The smallest absolute Gasteiger partial charge is 0.175 e. The van der Waals surface area contributed by atoms with Crippen molar-refractivity contribution in [2.45, 2.75) is 59.3 Å². The van der Waals surface area contributed by atoms with E-state index < -0.39 is 5.92 Å². The Balaban J connectivity index is 1.96. The number of hydrogen-bond donors (Lipinski definition) is 0. The van der Waals surface area contributed by atoms with Crippen molar-refractivity contribution in [3.8, 4) is 23.8 Å². The second-order valence-corrected chi connectivity index (χ2v) is 12.3. The van der Waals surface area contributed by atoms with Crippen LogP contribution >= 0.6 is 22.6 Å². The van der Waals surface area contributed by atoms with E-state index >= 15 is 0 Å². The third-order valence-electron chi connectivity index (χ3n) is 7.06. The molecule has 0 N–H and O–H groups in total. The minimum absolute atomic E-state index is 0.119. The van der Waals surface area contributed by atoms with E-state index in [-0.39, 0.29) is 29.0 Å². The maximum Gasteiger partial charge on any atom is 0.175 e. The number of nitrogens with zero attached hydrogens (tertiary/aromatic N) is 1. The van der Waals surface area contributed by atoms with Crippen LogP contribution in [0.15, 0.2) is 34.7 Å². The van der Waals surface area contributed by atoms with E-state index in [1.54, 1.807) is 7.11 Å². The van der Waals surface area contributed by atoms with Crippen molar-refractivity contribution in [2.75, 3.05) is 20.8 Å². The molecule has 0 atom stereocenters. The second-order valence-electron chi connectivity index (χ2n) is 11.1. The molecule has 1 heterocycles. The van der Waals surface area contributed by atoms with E-state index in [1.807, 2.05) is 19.2 Å². The lowest BCUT2D eigenvalue weighted by Gasteiger charge is -2.48. The summed E-state index contributed by atoms with van der Waals surface area (Å²) >= 11 is 2.21. The minimum atomic E-state index is -0.405. The number of halogens is 1. The van der Waals surface area contributed by atoms with E-state index in [4.69, 9.17) is 15.9 Å². The van der Waals surface area contributed by atoms with Crippen LogP contribution in [0.25, 0.3) is 0 Å². The number of benzene rings is 1. The fraction of sp³-hybridized carbons (Fsp3) is 0.500. The SMILES string of the molecule is C#CCOc1c(I)cc(C2C3=C(CC(C)(C)CC3=O)N(C)C3=C2C(=O)CC(C)(C)C3)cc1OC. The molecular formula is C28H32INO4. The molecule has 5 nitrogen and oxygen atoms in total. The minimum Gasteiger partial charge on any atom is -0.493 e. The third-order valence-corrected chi connectivity index (χ3v) is 7.87. The molecule has 0 fully saturated rings. The van der Waals surface area contributed by atoms with Gasteiger partial charge in [0.15, 0.2) is 23.1 Å². The Bertz CT molecular complexity index is 1130. The number of ether oxygens (including phenoxy) is 2. The molecule has 0 saturated carbocycles. The summed E-state index contributed by atoms with van der Waals surface area (Å²) in [6.45, 7) is 8.69. The lowest BCUT2D eigenvalue weighted by molar-refractivity contribution is -0.119. The monoisotopic (exact) mass is 573 g/mol. The summed E-state index contributed by atoms with van der Waals surface area (Å²) in [5, 5.41) is 0. The molecular weight excluding hydrogens is 541 g/mol. The summed E-state index contributed by atoms with van der Waals surface area (Å²) in [6.07, 6.45) is 7.92. The van der Waals surface area contributed by atoms with Crippen LogP contribution in [0.5, 0.6) is 11.5 Å². The first-order valence-electron chi connectivity index (χ1n) is 11.6. The fourth-order valence-corrected chi connectivity index (χ4v) is 6.44. The highest BCUT2D eigenvalue weighted by atomic mass is 127. The van der Waals surface area contributed by atoms with Gasteiger partial charge in [0.1, 0.15) is 6.61 Å². The van der Waals surface area contributed by atoms with E-state index in [1.165, 1.54) is 0 Å². The van der Waals surface area contributed by atoms with Gasteiger partial charge < -0.3 is 14.4 Å². The molecule has 0 radical (unpaired) electrons. The van der Waals surface area contributed by atoms with E-state index in [2.05, 4.69) is 61.1 Å². The van der Waals surface area contributed by atoms with Gasteiger partial charge in [-0.05, 0) is 64.0 Å². The highest BCUT2D eigenvalue weighted by Crippen LogP contribution is 2.54. The Morgan fingerprint density at radius 2 is 1.56 bits per heavy atom. The van der Waals surface area contributed by atoms with Gasteiger partial charge in [-0.15, -0.1) is 6.42 Å². The summed E-state index contributed by atoms with van der Waals surface area (Å²) in [6, 6.07) is 3.90. The normalized spacial score (nSPS) is 21.8. The number of methoxy groups -OCH3 is 1. The maximum absolute atomic E-state index is 13.6. The predicted molar refractivity (Wildman–Crippen MR) is 141 cm³/mol. The van der Waals surface area contributed by atoms with Crippen molar-refractivity contribution in [3.63, 3.8) is 0 Å². The zero-order chi connectivity index (χ0) is 25.0. The lowest BCUT2D eigenvalue weighted by atomic mass is 9.64. The molecule has 6 heteroatoms. The Hall–Kier alpha value is -2.27. The molecule has 0 saturated heterocycles. The number of rotatable bonds is 4. The molecule has 34 heavy (non-hydrogen) atoms. The quantitative estimate of drug-likeness (QED) is 0.346. The van der Waals surface area contributed by atoms with Crippen LogP contribution in [0.2, 0.25) is 0 Å². The van der Waals surface area contributed by atoms with E-state index in [0.29, 0.717) is 24.3 Å². The van der Waals surface area contributed by atoms with Gasteiger partial charge in [-0.3, -0.25) is 9.59 Å². The summed E-state index contributed by atoms with van der Waals surface area (Å²) in [4.78, 5) is 29.4. The van der Waals surface area contributed by atoms with Crippen LogP contribution in [0.3, 0.4) is 0 Å². The Morgan fingerprint density at radius 3 is 2.03 bits per heavy atom. The summed E-state index contributed by atoms with van der Waals surface area (Å²) in [5.41, 5.74) is 4.21. The zero-order valence-corrected chi connectivity index (χ0v) is 23.0. The average molecular weight is 573 g/mol. The van der Waals surface area contributed by atoms with E-state index in [9.17, 15) is 9.59 Å². The van der Waals surface area contributed by atoms with Crippen molar-refractivity contribution < 1.29 is 19.1 Å². The number of Topliss-reactive ketones (excluding diaryl/α,β-unsaturated/α-hetero) is 2. The van der Waals surface area contributed by atoms with Gasteiger partial charge in [0.25, 0.3) is 0 Å². The number of carbonyl (C=O) groups is 2. The van der Waals surface area contributed by atoms with Crippen molar-refractivity contribution in [2.24, 2.45) is 10.8 Å². The predicted octanol–water partition coefficient (Wildman–Crippen LogP) is 5.63. The Labute approximate surface area is 216 Å². The van der Waals surface area contributed by atoms with Gasteiger partial charge in [-0.2, -0.15) is 0 Å². The van der Waals surface area contributed by atoms with Crippen molar-refractivity contribution in [3.05, 3.63) is 43.8 Å². The summed E-state index contributed by atoms with van der Waals surface area (Å²) in [5.74, 6) is 3.45. The Morgan fingerprint density at radius 1 is 1.03 bits per heavy atom. The zero-order valence-electron chi connectivity index (χ0n) is 20.8. The number of carbonyl (C=O) groups excluding carboxylic acids is 2. The number of ketones is 2. The molecule has 1 aromatic carbocycles. The van der Waals surface area contributed by atoms with Crippen LogP contribution in [0, 0.1) is 26.7 Å². The molecule has 0 amide bonds. The number of terminal acetylenes is 1. The van der Waals surface area contributed by atoms with Crippen molar-refractivity contribution in [1.29, 1.82) is 0 Å². The largest absolute Gasteiger partial charge is 0.493 e. The molecule has 1 aliphatic heterocycles. The van der Waals surface area contributed by atoms with Gasteiger partial charge >= 0.3 is 0 Å². The van der Waals surface area contributed by atoms with E-state index in [0.717, 1.165) is 44.5 Å². The fourth-order valence-electron chi connectivity index (χ4n) is 5.66. The molecule has 0 spiro atoms. The standard InChI is InChI=1S/C28H32INO4/c1-8-9-34-26-17(29)10-16(11-22(26)33-7)23-24-18(12-27(2,3)14-20(24)31)30(6)19-13-28(4,5)15-21(32)25(19)23/h1,10-11,23H,9,12-15H2,2-7H3. The van der Waals surface area contributed by atoms with Crippen LogP contribution < -0.4 is 9.47 Å². The highest BCUT2D eigenvalue weighted by molar-refractivity contribution is 14.1. The topological polar surface area (TPSA) is 55.8 Å². The van der Waals surface area contributed by atoms with Gasteiger partial charge in [-0.1, -0.05) is 33.6 Å². The summed E-state index contributed by atoms with van der Waals surface area (Å²) in [7, 11) is 3.61. The first-order valence-corrected chi connectivity index (χ1v) is 12.7. The molecule has 180 valence electrons. The highest BCUT2D eigenvalue weighted by Gasteiger charge is 2.48. The molecule has 0 aromatic heterocycles. The molecule has 3 aliphatic rings. The first kappa shape index (κ1) is 24.8. The lowest BCUT2D eigenvalue weighted by Crippen LogP contribution is -2.43. The molecule has 1 aromatic rings. The van der Waals surface area contributed by atoms with Crippen LogP contribution in [0.1, 0.15) is 64.9 Å². The molecule has 0 unspecified atom stereocenters. The first-order chi connectivity index (χ1) is 15.9. The summed E-state index contributed by atoms with van der Waals surface area (Å²) < 4.78 is 12.2. The number of allylic oxidation sites excluding steroid dienone is 4. The third kappa shape index (κ3) is 4.28. The molecule has 4 rings (SSSR count). The van der Waals surface area contributed by atoms with Crippen LogP contribution in [-0.2, 0) is 9.59 Å². The van der Waals surface area contributed by atoms with Crippen molar-refractivity contribution >= 4 is 34.2 Å². The molecule has 2 aliphatic carbocycles. The van der Waals surface area contributed by atoms with Crippen molar-refractivity contribution in [1.82, 2.24) is 4.90 Å². The second kappa shape index (κ2) is 8.75. The Kier molecular flexibility index (Phi) is 6.39. The maximum atomic E-state index is 13.6. The van der Waals surface area contributed by atoms with Gasteiger partial charge in [0, 0.05) is 48.3 Å².